The number of hydrogen-bond acceptors (Lipinski definition) is 5. The molecule has 140 valence electrons. The molecule has 0 spiro atoms. The highest BCUT2D eigenvalue weighted by molar-refractivity contribution is 7.89. The van der Waals surface area contributed by atoms with Crippen LogP contribution < -0.4 is 0 Å². The van der Waals surface area contributed by atoms with Crippen LogP contribution in [-0.2, 0) is 10.0 Å². The van der Waals surface area contributed by atoms with Crippen LogP contribution in [0, 0.1) is 12.8 Å². The molecule has 0 N–H and O–H groups in total. The van der Waals surface area contributed by atoms with Gasteiger partial charge in [-0.1, -0.05) is 0 Å². The summed E-state index contributed by atoms with van der Waals surface area (Å²) in [5.41, 5.74) is 2.54. The lowest BCUT2D eigenvalue weighted by atomic mass is 9.84. The fraction of sp³-hybridized carbons (Fsp3) is 0.765. The number of nitrogens with zero attached hydrogens (tertiary/aromatic N) is 3. The number of amides is 1. The van der Waals surface area contributed by atoms with Crippen molar-refractivity contribution in [3.05, 3.63) is 16.1 Å². The standard InChI is InChI=1S/C17H27N3O3S2/c1-3-25(22,23)19-10-7-14(8-11-19)15-6-4-5-9-20(15)17(21)16-13(2)18-12-24-16/h12,14-15H,3-11H2,1-2H3. The Hall–Kier alpha value is -0.990. The molecule has 0 aromatic carbocycles. The van der Waals surface area contributed by atoms with Crippen LogP contribution in [0.1, 0.15) is 54.4 Å². The minimum absolute atomic E-state index is 0.105. The molecule has 1 unspecified atom stereocenters. The number of rotatable bonds is 4. The van der Waals surface area contributed by atoms with Crippen LogP contribution in [0.5, 0.6) is 0 Å². The zero-order chi connectivity index (χ0) is 18.0. The van der Waals surface area contributed by atoms with Crippen molar-refractivity contribution in [1.29, 1.82) is 0 Å². The number of likely N-dealkylation sites (tertiary alicyclic amines) is 1. The van der Waals surface area contributed by atoms with Gasteiger partial charge in [0.25, 0.3) is 5.91 Å². The van der Waals surface area contributed by atoms with Gasteiger partial charge in [-0.3, -0.25) is 4.79 Å². The first kappa shape index (κ1) is 18.8. The fourth-order valence-electron chi connectivity index (χ4n) is 4.06. The lowest BCUT2D eigenvalue weighted by Crippen LogP contribution is -2.51. The maximum atomic E-state index is 13.0. The third kappa shape index (κ3) is 3.90. The van der Waals surface area contributed by atoms with Crippen molar-refractivity contribution >= 4 is 27.3 Å². The lowest BCUT2D eigenvalue weighted by molar-refractivity contribution is 0.0451. The lowest BCUT2D eigenvalue weighted by Gasteiger charge is -2.43. The highest BCUT2D eigenvalue weighted by atomic mass is 32.2. The summed E-state index contributed by atoms with van der Waals surface area (Å²) in [6, 6.07) is 0.231. The van der Waals surface area contributed by atoms with E-state index in [-0.39, 0.29) is 17.7 Å². The molecule has 8 heteroatoms. The SMILES string of the molecule is CCS(=O)(=O)N1CCC(C2CCCCN2C(=O)c2scnc2C)CC1. The van der Waals surface area contributed by atoms with Crippen molar-refractivity contribution in [2.24, 2.45) is 5.92 Å². The van der Waals surface area contributed by atoms with Crippen LogP contribution in [0.4, 0.5) is 0 Å². The molecule has 0 radical (unpaired) electrons. The zero-order valence-corrected chi connectivity index (χ0v) is 16.6. The fourth-order valence-corrected chi connectivity index (χ4v) is 5.95. The first-order valence-corrected chi connectivity index (χ1v) is 11.6. The van der Waals surface area contributed by atoms with Gasteiger partial charge in [0.1, 0.15) is 4.88 Å². The first-order valence-electron chi connectivity index (χ1n) is 9.13. The molecule has 6 nitrogen and oxygen atoms in total. The monoisotopic (exact) mass is 385 g/mol. The summed E-state index contributed by atoms with van der Waals surface area (Å²) in [4.78, 5) is 20.0. The summed E-state index contributed by atoms with van der Waals surface area (Å²) in [5.74, 6) is 0.658. The zero-order valence-electron chi connectivity index (χ0n) is 15.0. The molecule has 0 aliphatic carbocycles. The largest absolute Gasteiger partial charge is 0.335 e. The van der Waals surface area contributed by atoms with E-state index < -0.39 is 10.0 Å². The van der Waals surface area contributed by atoms with Gasteiger partial charge in [-0.2, -0.15) is 0 Å². The van der Waals surface area contributed by atoms with E-state index in [1.165, 1.54) is 11.3 Å². The highest BCUT2D eigenvalue weighted by Gasteiger charge is 2.37. The average Bonchev–Trinajstić information content (AvgIpc) is 3.07. The number of hydrogen-bond donors (Lipinski definition) is 0. The van der Waals surface area contributed by atoms with Crippen molar-refractivity contribution in [3.8, 4) is 0 Å². The smallest absolute Gasteiger partial charge is 0.266 e. The number of aromatic nitrogens is 1. The Labute approximate surface area is 154 Å². The van der Waals surface area contributed by atoms with Gasteiger partial charge in [-0.25, -0.2) is 17.7 Å². The second-order valence-electron chi connectivity index (χ2n) is 6.97. The van der Waals surface area contributed by atoms with Gasteiger partial charge in [0, 0.05) is 25.7 Å². The molecule has 1 atom stereocenters. The molecule has 2 fully saturated rings. The molecule has 2 aliphatic rings. The highest BCUT2D eigenvalue weighted by Crippen LogP contribution is 2.33. The summed E-state index contributed by atoms with van der Waals surface area (Å²) >= 11 is 1.42. The summed E-state index contributed by atoms with van der Waals surface area (Å²) in [6.07, 6.45) is 4.90. The minimum atomic E-state index is -3.10. The topological polar surface area (TPSA) is 70.6 Å². The summed E-state index contributed by atoms with van der Waals surface area (Å²) in [5, 5.41) is 0. The quantitative estimate of drug-likeness (QED) is 0.798. The maximum absolute atomic E-state index is 13.0. The van der Waals surface area contributed by atoms with Gasteiger partial charge in [0.15, 0.2) is 0 Å². The van der Waals surface area contributed by atoms with Crippen LogP contribution in [0.2, 0.25) is 0 Å². The number of thiazole rings is 1. The second-order valence-corrected chi connectivity index (χ2v) is 10.1. The van der Waals surface area contributed by atoms with Crippen LogP contribution in [0.3, 0.4) is 0 Å². The van der Waals surface area contributed by atoms with Gasteiger partial charge in [0.2, 0.25) is 10.0 Å². The van der Waals surface area contributed by atoms with Gasteiger partial charge in [-0.15, -0.1) is 11.3 Å². The number of carbonyl (C=O) groups excluding carboxylic acids is 1. The predicted molar refractivity (Wildman–Crippen MR) is 99.3 cm³/mol. The average molecular weight is 386 g/mol. The molecule has 0 saturated carbocycles. The Morgan fingerprint density at radius 2 is 1.96 bits per heavy atom. The van der Waals surface area contributed by atoms with Gasteiger partial charge >= 0.3 is 0 Å². The van der Waals surface area contributed by atoms with Gasteiger partial charge in [-0.05, 0) is 51.9 Å². The molecule has 3 heterocycles. The minimum Gasteiger partial charge on any atom is -0.335 e. The summed E-state index contributed by atoms with van der Waals surface area (Å²) < 4.78 is 25.7. The molecule has 3 rings (SSSR count). The Morgan fingerprint density at radius 1 is 1.24 bits per heavy atom. The van der Waals surface area contributed by atoms with Crippen LogP contribution in [0.15, 0.2) is 5.51 Å². The molecule has 2 aliphatic heterocycles. The number of sulfonamides is 1. The van der Waals surface area contributed by atoms with Crippen LogP contribution >= 0.6 is 11.3 Å². The van der Waals surface area contributed by atoms with E-state index >= 15 is 0 Å². The van der Waals surface area contributed by atoms with Crippen molar-refractivity contribution in [2.75, 3.05) is 25.4 Å². The van der Waals surface area contributed by atoms with Crippen molar-refractivity contribution in [2.45, 2.75) is 52.0 Å². The molecule has 0 bridgehead atoms. The van der Waals surface area contributed by atoms with Crippen molar-refractivity contribution in [3.63, 3.8) is 0 Å². The van der Waals surface area contributed by atoms with E-state index in [2.05, 4.69) is 4.98 Å². The van der Waals surface area contributed by atoms with Gasteiger partial charge < -0.3 is 4.90 Å². The van der Waals surface area contributed by atoms with E-state index in [0.29, 0.717) is 19.0 Å². The predicted octanol–water partition coefficient (Wildman–Crippen LogP) is 2.51. The molecule has 2 saturated heterocycles. The number of piperidine rings is 2. The molecule has 25 heavy (non-hydrogen) atoms. The van der Waals surface area contributed by atoms with Gasteiger partial charge in [0.05, 0.1) is 17.0 Å². The molecule has 1 aromatic rings. The number of aryl methyl sites for hydroxylation is 1. The third-order valence-corrected chi connectivity index (χ3v) is 8.35. The van der Waals surface area contributed by atoms with E-state index in [1.54, 1.807) is 16.7 Å². The normalized spacial score (nSPS) is 23.8. The molecule has 1 amide bonds. The van der Waals surface area contributed by atoms with Crippen molar-refractivity contribution < 1.29 is 13.2 Å². The molecular weight excluding hydrogens is 358 g/mol. The second kappa shape index (κ2) is 7.72. The van der Waals surface area contributed by atoms with E-state index in [0.717, 1.165) is 49.2 Å². The summed E-state index contributed by atoms with van der Waals surface area (Å²) in [6.45, 7) is 5.54. The van der Waals surface area contributed by atoms with E-state index in [4.69, 9.17) is 0 Å². The molecular formula is C17H27N3O3S2. The maximum Gasteiger partial charge on any atom is 0.266 e. The molecule has 1 aromatic heterocycles. The van der Waals surface area contributed by atoms with E-state index in [9.17, 15) is 13.2 Å². The third-order valence-electron chi connectivity index (χ3n) is 5.55. The summed E-state index contributed by atoms with van der Waals surface area (Å²) in [7, 11) is -3.10. The number of carbonyl (C=O) groups is 1. The van der Waals surface area contributed by atoms with Crippen LogP contribution in [-0.4, -0.2) is 59.9 Å². The Balaban J connectivity index is 1.70. The first-order chi connectivity index (χ1) is 11.9. The Kier molecular flexibility index (Phi) is 5.80. The Bertz CT molecular complexity index is 708. The Morgan fingerprint density at radius 3 is 2.56 bits per heavy atom. The van der Waals surface area contributed by atoms with Crippen molar-refractivity contribution in [1.82, 2.24) is 14.2 Å². The van der Waals surface area contributed by atoms with Crippen LogP contribution in [0.25, 0.3) is 0 Å². The van der Waals surface area contributed by atoms with E-state index in [1.807, 2.05) is 11.8 Å².